The Balaban J connectivity index is 0. The minimum atomic E-state index is -4.42. The van der Waals surface area contributed by atoms with Crippen LogP contribution >= 0.6 is 7.82 Å². The van der Waals surface area contributed by atoms with Gasteiger partial charge in [0.2, 0.25) is 0 Å². The van der Waals surface area contributed by atoms with Gasteiger partial charge in [-0.3, -0.25) is 4.57 Å². The van der Waals surface area contributed by atoms with E-state index in [0.717, 1.165) is 11.0 Å². The van der Waals surface area contributed by atoms with Crippen molar-refractivity contribution in [1.29, 1.82) is 0 Å². The standard InChI is InChI=1S/C16H36NO.C2H7O4P/c1-4-5-6-7-8-9-10-11-12-13-14-17(2,3)15-16-18;1-2-6-7(3,4)5/h18H,4-16H2,1-3H3;2H2,1H3,(H2,3,4,5)/q+1;/p-1. The number of rotatable bonds is 15. The monoisotopic (exact) mass is 383 g/mol. The molecule has 0 rings (SSSR count). The molecule has 25 heavy (non-hydrogen) atoms. The SMILES string of the molecule is CCCCCCCCCCCC[N+](C)(C)CCO.CCOP(=O)([O-])O. The second-order valence-corrected chi connectivity index (χ2v) is 8.37. The van der Waals surface area contributed by atoms with Crippen LogP contribution in [-0.2, 0) is 9.09 Å². The molecule has 0 amide bonds. The third kappa shape index (κ3) is 26.4. The lowest BCUT2D eigenvalue weighted by Crippen LogP contribution is -2.42. The average molecular weight is 384 g/mol. The quantitative estimate of drug-likeness (QED) is 0.257. The van der Waals surface area contributed by atoms with Gasteiger partial charge in [0.25, 0.3) is 7.82 Å². The van der Waals surface area contributed by atoms with Crippen molar-refractivity contribution < 1.29 is 28.5 Å². The van der Waals surface area contributed by atoms with Gasteiger partial charge in [-0.25, -0.2) is 0 Å². The summed E-state index contributed by atoms with van der Waals surface area (Å²) in [5.41, 5.74) is 0. The van der Waals surface area contributed by atoms with E-state index in [2.05, 4.69) is 25.5 Å². The number of aliphatic hydroxyl groups excluding tert-OH is 1. The average Bonchev–Trinajstić information content (AvgIpc) is 2.48. The van der Waals surface area contributed by atoms with Gasteiger partial charge in [0.1, 0.15) is 6.54 Å². The van der Waals surface area contributed by atoms with Crippen molar-refractivity contribution >= 4 is 7.82 Å². The van der Waals surface area contributed by atoms with E-state index in [9.17, 15) is 9.46 Å². The molecule has 154 valence electrons. The molecule has 0 heterocycles. The van der Waals surface area contributed by atoms with Crippen molar-refractivity contribution in [3.8, 4) is 0 Å². The lowest BCUT2D eigenvalue weighted by molar-refractivity contribution is -0.890. The summed E-state index contributed by atoms with van der Waals surface area (Å²) in [7, 11) is 0.00880. The van der Waals surface area contributed by atoms with Gasteiger partial charge in [0, 0.05) is 0 Å². The molecule has 1 atom stereocenters. The van der Waals surface area contributed by atoms with Crippen molar-refractivity contribution in [3.63, 3.8) is 0 Å². The maximum absolute atomic E-state index is 9.59. The number of nitrogens with zero attached hydrogens (tertiary/aromatic N) is 1. The van der Waals surface area contributed by atoms with Crippen LogP contribution < -0.4 is 4.89 Å². The Morgan fingerprint density at radius 3 is 1.64 bits per heavy atom. The van der Waals surface area contributed by atoms with Crippen LogP contribution in [-0.4, -0.2) is 54.9 Å². The Bertz CT molecular complexity index is 321. The third-order valence-corrected chi connectivity index (χ3v) is 4.70. The summed E-state index contributed by atoms with van der Waals surface area (Å²) in [6, 6.07) is 0. The molecule has 0 radical (unpaired) electrons. The fourth-order valence-electron chi connectivity index (χ4n) is 2.57. The first kappa shape index (κ1) is 27.3. The molecule has 1 unspecified atom stereocenters. The summed E-state index contributed by atoms with van der Waals surface area (Å²) in [6.45, 7) is 6.13. The van der Waals surface area contributed by atoms with Crippen LogP contribution in [0.25, 0.3) is 0 Å². The molecule has 0 aliphatic heterocycles. The molecule has 0 spiro atoms. The van der Waals surface area contributed by atoms with Crippen LogP contribution in [0.1, 0.15) is 78.1 Å². The first-order valence-electron chi connectivity index (χ1n) is 9.79. The largest absolute Gasteiger partial charge is 0.756 e. The molecule has 0 aliphatic carbocycles. The van der Waals surface area contributed by atoms with Crippen LogP contribution in [0, 0.1) is 0 Å². The highest BCUT2D eigenvalue weighted by molar-refractivity contribution is 7.44. The Morgan fingerprint density at radius 2 is 1.32 bits per heavy atom. The van der Waals surface area contributed by atoms with E-state index in [1.54, 1.807) is 0 Å². The predicted octanol–water partition coefficient (Wildman–Crippen LogP) is 3.46. The zero-order valence-electron chi connectivity index (χ0n) is 16.9. The molecule has 0 aromatic rings. The molecule has 0 fully saturated rings. The number of likely N-dealkylation sites (N-methyl/N-ethyl adjacent to an activating group) is 1. The molecule has 0 aromatic carbocycles. The minimum absolute atomic E-state index is 0.0166. The van der Waals surface area contributed by atoms with E-state index in [1.165, 1.54) is 77.7 Å². The van der Waals surface area contributed by atoms with Crippen LogP contribution in [0.4, 0.5) is 0 Å². The number of hydrogen-bond acceptors (Lipinski definition) is 4. The Labute approximate surface area is 155 Å². The summed E-state index contributed by atoms with van der Waals surface area (Å²) in [5.74, 6) is 0. The molecule has 0 aliphatic rings. The van der Waals surface area contributed by atoms with Gasteiger partial charge in [0.15, 0.2) is 0 Å². The molecule has 0 aromatic heterocycles. The Kier molecular flexibility index (Phi) is 19.0. The summed E-state index contributed by atoms with van der Waals surface area (Å²) < 4.78 is 14.3. The van der Waals surface area contributed by atoms with Crippen molar-refractivity contribution in [2.24, 2.45) is 0 Å². The van der Waals surface area contributed by atoms with Crippen LogP contribution in [0.5, 0.6) is 0 Å². The smallest absolute Gasteiger partial charge is 0.265 e. The van der Waals surface area contributed by atoms with E-state index in [4.69, 9.17) is 10.00 Å². The van der Waals surface area contributed by atoms with Crippen molar-refractivity contribution in [1.82, 2.24) is 0 Å². The zero-order chi connectivity index (χ0) is 19.6. The van der Waals surface area contributed by atoms with Crippen LogP contribution in [0.15, 0.2) is 0 Å². The number of unbranched alkanes of at least 4 members (excludes halogenated alkanes) is 9. The second kappa shape index (κ2) is 17.4. The van der Waals surface area contributed by atoms with E-state index in [0.29, 0.717) is 6.61 Å². The number of aliphatic hydroxyl groups is 1. The number of phosphoric acid groups is 1. The van der Waals surface area contributed by atoms with E-state index < -0.39 is 7.82 Å². The highest BCUT2D eigenvalue weighted by Crippen LogP contribution is 2.29. The van der Waals surface area contributed by atoms with E-state index in [1.807, 2.05) is 0 Å². The predicted molar refractivity (Wildman–Crippen MR) is 102 cm³/mol. The molecule has 0 bridgehead atoms. The minimum Gasteiger partial charge on any atom is -0.756 e. The normalized spacial score (nSPS) is 13.9. The first-order chi connectivity index (χ1) is 11.7. The fraction of sp³-hybridized carbons (Fsp3) is 1.00. The maximum Gasteiger partial charge on any atom is 0.265 e. The van der Waals surface area contributed by atoms with E-state index in [-0.39, 0.29) is 6.61 Å². The fourth-order valence-corrected chi connectivity index (χ4v) is 2.90. The Hall–Kier alpha value is 0.0300. The molecule has 0 saturated heterocycles. The molecular formula is C18H42NO5P. The van der Waals surface area contributed by atoms with Crippen molar-refractivity contribution in [2.75, 3.05) is 40.4 Å². The number of phosphoric ester groups is 1. The highest BCUT2D eigenvalue weighted by atomic mass is 31.2. The molecular weight excluding hydrogens is 341 g/mol. The summed E-state index contributed by atoms with van der Waals surface area (Å²) >= 11 is 0. The summed E-state index contributed by atoms with van der Waals surface area (Å²) in [5, 5.41) is 8.95. The van der Waals surface area contributed by atoms with Gasteiger partial charge in [-0.1, -0.05) is 58.3 Å². The van der Waals surface area contributed by atoms with Gasteiger partial charge in [-0.15, -0.1) is 0 Å². The molecule has 7 heteroatoms. The third-order valence-electron chi connectivity index (χ3n) is 4.11. The molecule has 2 N–H and O–H groups in total. The van der Waals surface area contributed by atoms with E-state index >= 15 is 0 Å². The number of hydrogen-bond donors (Lipinski definition) is 2. The Morgan fingerprint density at radius 1 is 0.880 bits per heavy atom. The number of quaternary nitrogens is 1. The first-order valence-corrected chi connectivity index (χ1v) is 11.3. The lowest BCUT2D eigenvalue weighted by Gasteiger charge is -2.28. The van der Waals surface area contributed by atoms with Crippen LogP contribution in [0.2, 0.25) is 0 Å². The summed E-state index contributed by atoms with van der Waals surface area (Å²) in [6.07, 6.45) is 14.0. The topological polar surface area (TPSA) is 89.8 Å². The van der Waals surface area contributed by atoms with Gasteiger partial charge in [-0.05, 0) is 19.8 Å². The zero-order valence-corrected chi connectivity index (χ0v) is 17.8. The lowest BCUT2D eigenvalue weighted by atomic mass is 10.1. The second-order valence-electron chi connectivity index (χ2n) is 7.17. The molecule has 0 saturated carbocycles. The summed E-state index contributed by atoms with van der Waals surface area (Å²) in [4.78, 5) is 17.4. The maximum atomic E-state index is 9.59. The van der Waals surface area contributed by atoms with Gasteiger partial charge in [-0.2, -0.15) is 0 Å². The van der Waals surface area contributed by atoms with Crippen LogP contribution in [0.3, 0.4) is 0 Å². The van der Waals surface area contributed by atoms with Gasteiger partial charge < -0.3 is 23.9 Å². The molecule has 6 nitrogen and oxygen atoms in total. The van der Waals surface area contributed by atoms with Crippen molar-refractivity contribution in [3.05, 3.63) is 0 Å². The highest BCUT2D eigenvalue weighted by Gasteiger charge is 2.12. The van der Waals surface area contributed by atoms with Gasteiger partial charge in [0.05, 0.1) is 33.9 Å². The van der Waals surface area contributed by atoms with Crippen molar-refractivity contribution in [2.45, 2.75) is 78.1 Å². The van der Waals surface area contributed by atoms with Gasteiger partial charge >= 0.3 is 0 Å².